The normalized spacial score (nSPS) is 34.2. The van der Waals surface area contributed by atoms with Crippen molar-refractivity contribution in [2.75, 3.05) is 20.7 Å². The summed E-state index contributed by atoms with van der Waals surface area (Å²) in [6.07, 6.45) is 7.09. The molecule has 3 nitrogen and oxygen atoms in total. The highest BCUT2D eigenvalue weighted by Crippen LogP contribution is 2.55. The van der Waals surface area contributed by atoms with E-state index < -0.39 is 0 Å². The molecule has 1 aromatic rings. The highest BCUT2D eigenvalue weighted by Gasteiger charge is 2.50. The number of hydrogen-bond donors (Lipinski definition) is 1. The van der Waals surface area contributed by atoms with Gasteiger partial charge in [0.1, 0.15) is 5.75 Å². The van der Waals surface area contributed by atoms with Crippen LogP contribution in [0, 0.1) is 5.92 Å². The van der Waals surface area contributed by atoms with Crippen molar-refractivity contribution in [2.45, 2.75) is 37.3 Å². The van der Waals surface area contributed by atoms with Crippen LogP contribution in [0.2, 0.25) is 0 Å². The van der Waals surface area contributed by atoms with Gasteiger partial charge in [0.25, 0.3) is 0 Å². The van der Waals surface area contributed by atoms with E-state index in [9.17, 15) is 5.11 Å². The van der Waals surface area contributed by atoms with Gasteiger partial charge in [0.05, 0.1) is 13.2 Å². The third-order valence-electron chi connectivity index (χ3n) is 5.71. The number of ether oxygens (including phenoxy) is 1. The Balaban J connectivity index is 1.95. The zero-order valence-electron chi connectivity index (χ0n) is 12.8. The second kappa shape index (κ2) is 4.59. The summed E-state index contributed by atoms with van der Waals surface area (Å²) in [5.74, 6) is 1.53. The zero-order valence-corrected chi connectivity index (χ0v) is 12.8. The number of nitrogens with zero attached hydrogens (tertiary/aromatic N) is 1. The first-order valence-corrected chi connectivity index (χ1v) is 7.89. The molecule has 0 saturated heterocycles. The Hall–Kier alpha value is -1.32. The lowest BCUT2D eigenvalue weighted by molar-refractivity contribution is 0.146. The molecule has 0 saturated carbocycles. The molecule has 4 rings (SSSR count). The third-order valence-corrected chi connectivity index (χ3v) is 5.71. The van der Waals surface area contributed by atoms with Crippen LogP contribution in [0.15, 0.2) is 24.3 Å². The topological polar surface area (TPSA) is 32.7 Å². The Labute approximate surface area is 126 Å². The van der Waals surface area contributed by atoms with Gasteiger partial charge in [-0.1, -0.05) is 18.2 Å². The lowest BCUT2D eigenvalue weighted by Gasteiger charge is -2.38. The number of rotatable bonds is 1. The van der Waals surface area contributed by atoms with Gasteiger partial charge in [-0.3, -0.25) is 0 Å². The molecule has 0 fully saturated rings. The molecule has 0 aromatic heterocycles. The summed E-state index contributed by atoms with van der Waals surface area (Å²) in [6.45, 7) is 2.12. The molecule has 1 heterocycles. The van der Waals surface area contributed by atoms with Crippen LogP contribution in [0.3, 0.4) is 0 Å². The highest BCUT2D eigenvalue weighted by molar-refractivity contribution is 5.56. The third kappa shape index (κ3) is 1.80. The summed E-state index contributed by atoms with van der Waals surface area (Å²) in [5.41, 5.74) is 4.44. The Morgan fingerprint density at radius 1 is 1.38 bits per heavy atom. The Bertz CT molecular complexity index is 609. The van der Waals surface area contributed by atoms with Crippen LogP contribution in [0.1, 0.15) is 29.5 Å². The van der Waals surface area contributed by atoms with Crippen LogP contribution in [0.4, 0.5) is 0 Å². The summed E-state index contributed by atoms with van der Waals surface area (Å²) < 4.78 is 5.63. The summed E-state index contributed by atoms with van der Waals surface area (Å²) in [5, 5.41) is 10.1. The number of methoxy groups -OCH3 is 1. The van der Waals surface area contributed by atoms with Gasteiger partial charge in [-0.25, -0.2) is 0 Å². The predicted molar refractivity (Wildman–Crippen MR) is 82.6 cm³/mol. The van der Waals surface area contributed by atoms with E-state index in [-0.39, 0.29) is 11.5 Å². The first-order chi connectivity index (χ1) is 10.1. The number of aliphatic hydroxyl groups is 1. The molecular formula is C18H23NO2. The quantitative estimate of drug-likeness (QED) is 0.803. The van der Waals surface area contributed by atoms with E-state index in [1.165, 1.54) is 16.7 Å². The molecule has 21 heavy (non-hydrogen) atoms. The minimum Gasteiger partial charge on any atom is -0.496 e. The van der Waals surface area contributed by atoms with Crippen molar-refractivity contribution in [3.05, 3.63) is 41.0 Å². The van der Waals surface area contributed by atoms with Crippen molar-refractivity contribution >= 4 is 0 Å². The molecule has 3 heteroatoms. The zero-order chi connectivity index (χ0) is 14.6. The van der Waals surface area contributed by atoms with E-state index in [1.807, 2.05) is 6.08 Å². The van der Waals surface area contributed by atoms with Crippen LogP contribution in [-0.4, -0.2) is 36.8 Å². The van der Waals surface area contributed by atoms with Gasteiger partial charge >= 0.3 is 0 Å². The molecular weight excluding hydrogens is 262 g/mol. The number of allylic oxidation sites excluding steroid dienone is 1. The summed E-state index contributed by atoms with van der Waals surface area (Å²) in [7, 11) is 3.96. The number of benzene rings is 1. The number of hydrogen-bond acceptors (Lipinski definition) is 3. The van der Waals surface area contributed by atoms with Gasteiger partial charge in [0.15, 0.2) is 0 Å². The molecule has 1 aromatic carbocycles. The standard InChI is InChI=1S/C18H23NO2/c1-19-8-7-18-6-5-14(20)9-13(18)10-15-16(21-2)4-3-12(11-19)17(15)18/h3-6,13-14,20H,7-11H2,1-2H3/t13-,14+,18?/m1/s1. The van der Waals surface area contributed by atoms with Gasteiger partial charge in [0.2, 0.25) is 0 Å². The molecule has 3 atom stereocenters. The Morgan fingerprint density at radius 3 is 3.05 bits per heavy atom. The van der Waals surface area contributed by atoms with Crippen LogP contribution in [-0.2, 0) is 18.4 Å². The lowest BCUT2D eigenvalue weighted by Crippen LogP contribution is -2.37. The molecule has 112 valence electrons. The SMILES string of the molecule is COc1ccc2c3c1C[C@H]1C[C@@H](O)C=CC31CCN(C)C2. The van der Waals surface area contributed by atoms with Crippen molar-refractivity contribution in [1.82, 2.24) is 4.90 Å². The largest absolute Gasteiger partial charge is 0.496 e. The maximum Gasteiger partial charge on any atom is 0.122 e. The van der Waals surface area contributed by atoms with Crippen LogP contribution in [0.25, 0.3) is 0 Å². The molecule has 1 aliphatic heterocycles. The highest BCUT2D eigenvalue weighted by atomic mass is 16.5. The van der Waals surface area contributed by atoms with E-state index in [0.717, 1.165) is 38.1 Å². The first kappa shape index (κ1) is 13.4. The van der Waals surface area contributed by atoms with Gasteiger partial charge in [-0.2, -0.15) is 0 Å². The smallest absolute Gasteiger partial charge is 0.122 e. The molecule has 0 bridgehead atoms. The molecule has 1 N–H and O–H groups in total. The second-order valence-corrected chi connectivity index (χ2v) is 6.87. The minimum atomic E-state index is -0.287. The summed E-state index contributed by atoms with van der Waals surface area (Å²) in [6, 6.07) is 4.36. The minimum absolute atomic E-state index is 0.114. The maximum absolute atomic E-state index is 10.1. The van der Waals surface area contributed by atoms with Crippen LogP contribution < -0.4 is 4.74 Å². The monoisotopic (exact) mass is 285 g/mol. The van der Waals surface area contributed by atoms with Gasteiger partial charge in [-0.05, 0) is 61.5 Å². The Morgan fingerprint density at radius 2 is 2.24 bits per heavy atom. The summed E-state index contributed by atoms with van der Waals surface area (Å²) in [4.78, 5) is 2.41. The van der Waals surface area contributed by atoms with E-state index in [0.29, 0.717) is 5.92 Å². The summed E-state index contributed by atoms with van der Waals surface area (Å²) >= 11 is 0. The van der Waals surface area contributed by atoms with Crippen molar-refractivity contribution in [3.8, 4) is 5.75 Å². The first-order valence-electron chi connectivity index (χ1n) is 7.89. The van der Waals surface area contributed by atoms with E-state index in [4.69, 9.17) is 4.74 Å². The van der Waals surface area contributed by atoms with Gasteiger partial charge < -0.3 is 14.7 Å². The fraction of sp³-hybridized carbons (Fsp3) is 0.556. The van der Waals surface area contributed by atoms with Crippen LogP contribution in [0.5, 0.6) is 5.75 Å². The maximum atomic E-state index is 10.1. The van der Waals surface area contributed by atoms with E-state index >= 15 is 0 Å². The van der Waals surface area contributed by atoms with E-state index in [1.54, 1.807) is 7.11 Å². The average Bonchev–Trinajstić information content (AvgIpc) is 2.72. The van der Waals surface area contributed by atoms with Crippen molar-refractivity contribution in [2.24, 2.45) is 5.92 Å². The molecule has 0 amide bonds. The second-order valence-electron chi connectivity index (χ2n) is 6.87. The molecule has 1 unspecified atom stereocenters. The fourth-order valence-corrected chi connectivity index (χ4v) is 4.74. The average molecular weight is 285 g/mol. The lowest BCUT2D eigenvalue weighted by atomic mass is 9.67. The molecule has 3 aliphatic rings. The van der Waals surface area contributed by atoms with Crippen molar-refractivity contribution in [3.63, 3.8) is 0 Å². The van der Waals surface area contributed by atoms with Crippen LogP contribution >= 0.6 is 0 Å². The van der Waals surface area contributed by atoms with Crippen molar-refractivity contribution in [1.29, 1.82) is 0 Å². The number of aliphatic hydroxyl groups excluding tert-OH is 1. The van der Waals surface area contributed by atoms with Gasteiger partial charge in [-0.15, -0.1) is 0 Å². The van der Waals surface area contributed by atoms with Gasteiger partial charge in [0, 0.05) is 12.0 Å². The Kier molecular flexibility index (Phi) is 2.92. The molecule has 0 radical (unpaired) electrons. The van der Waals surface area contributed by atoms with E-state index in [2.05, 4.69) is 30.2 Å². The van der Waals surface area contributed by atoms with Crippen molar-refractivity contribution < 1.29 is 9.84 Å². The fourth-order valence-electron chi connectivity index (χ4n) is 4.74. The predicted octanol–water partition coefficient (Wildman–Crippen LogP) is 2.26. The molecule has 2 aliphatic carbocycles. The molecule has 1 spiro atoms.